The van der Waals surface area contributed by atoms with E-state index in [1.165, 1.54) is 0 Å². The molecule has 5 rings (SSSR count). The van der Waals surface area contributed by atoms with Crippen LogP contribution in [-0.2, 0) is 4.79 Å². The molecule has 3 aromatic heterocycles. The van der Waals surface area contributed by atoms with Crippen LogP contribution < -0.4 is 15.5 Å². The van der Waals surface area contributed by atoms with E-state index in [1.54, 1.807) is 16.9 Å². The minimum absolute atomic E-state index is 0.0127. The maximum Gasteiger partial charge on any atom is 0.239 e. The van der Waals surface area contributed by atoms with Crippen molar-refractivity contribution in [3.8, 4) is 0 Å². The van der Waals surface area contributed by atoms with Gasteiger partial charge in [-0.05, 0) is 25.1 Å². The van der Waals surface area contributed by atoms with Crippen LogP contribution in [0.1, 0.15) is 18.5 Å². The number of nitrogens with zero attached hydrogens (tertiary/aromatic N) is 5. The molecule has 1 aliphatic heterocycles. The zero-order valence-corrected chi connectivity index (χ0v) is 17.1. The molecule has 152 valence electrons. The van der Waals surface area contributed by atoms with Crippen LogP contribution in [0.25, 0.3) is 16.6 Å². The Morgan fingerprint density at radius 3 is 3.00 bits per heavy atom. The number of halogens is 1. The molecule has 30 heavy (non-hydrogen) atoms. The average molecular weight is 422 g/mol. The van der Waals surface area contributed by atoms with Gasteiger partial charge < -0.3 is 15.5 Å². The van der Waals surface area contributed by atoms with Crippen molar-refractivity contribution in [3.05, 3.63) is 59.4 Å². The van der Waals surface area contributed by atoms with E-state index in [0.717, 1.165) is 33.7 Å². The summed E-state index contributed by atoms with van der Waals surface area (Å²) in [6.45, 7) is 3.60. The van der Waals surface area contributed by atoms with Gasteiger partial charge in [0.1, 0.15) is 11.6 Å². The standard InChI is InChI=1S/C21H20ClN7O/c1-13(26-18-5-7-23-17-6-8-25-29(17)18)15-11-14-3-2-4-16(22)20(14)27-21(15)28-10-9-24-19(30)12-28/h2-8,11,13,26H,9-10,12H2,1H3,(H,24,30)/t13-/m0/s1. The molecular formula is C21H20ClN7O. The van der Waals surface area contributed by atoms with Crippen LogP contribution in [0.3, 0.4) is 0 Å². The zero-order valence-electron chi connectivity index (χ0n) is 16.3. The van der Waals surface area contributed by atoms with E-state index in [0.29, 0.717) is 18.1 Å². The Kier molecular flexibility index (Phi) is 4.63. The first-order valence-corrected chi connectivity index (χ1v) is 10.1. The summed E-state index contributed by atoms with van der Waals surface area (Å²) in [5.74, 6) is 1.57. The molecule has 0 bridgehead atoms. The zero-order chi connectivity index (χ0) is 20.7. The number of aromatic nitrogens is 4. The fourth-order valence-electron chi connectivity index (χ4n) is 3.80. The molecule has 2 N–H and O–H groups in total. The number of rotatable bonds is 4. The van der Waals surface area contributed by atoms with Crippen molar-refractivity contribution in [2.75, 3.05) is 29.9 Å². The molecule has 1 saturated heterocycles. The average Bonchev–Trinajstić information content (AvgIpc) is 3.23. The number of hydrogen-bond donors (Lipinski definition) is 2. The number of anilines is 2. The molecule has 8 nitrogen and oxygen atoms in total. The largest absolute Gasteiger partial charge is 0.363 e. The van der Waals surface area contributed by atoms with Crippen LogP contribution in [0.4, 0.5) is 11.6 Å². The van der Waals surface area contributed by atoms with Crippen molar-refractivity contribution in [2.24, 2.45) is 0 Å². The maximum atomic E-state index is 12.0. The number of hydrogen-bond acceptors (Lipinski definition) is 6. The van der Waals surface area contributed by atoms with Gasteiger partial charge in [0.2, 0.25) is 5.91 Å². The lowest BCUT2D eigenvalue weighted by atomic mass is 10.0. The predicted molar refractivity (Wildman–Crippen MR) is 117 cm³/mol. The highest BCUT2D eigenvalue weighted by atomic mass is 35.5. The Balaban J connectivity index is 1.60. The normalized spacial score (nSPS) is 15.4. The van der Waals surface area contributed by atoms with Crippen LogP contribution in [0.2, 0.25) is 5.02 Å². The summed E-state index contributed by atoms with van der Waals surface area (Å²) < 4.78 is 1.76. The van der Waals surface area contributed by atoms with Crippen LogP contribution in [-0.4, -0.2) is 45.1 Å². The molecule has 0 spiro atoms. The number of pyridine rings is 1. The fraction of sp³-hybridized carbons (Fsp3) is 0.238. The van der Waals surface area contributed by atoms with Crippen LogP contribution in [0.15, 0.2) is 48.8 Å². The van der Waals surface area contributed by atoms with Gasteiger partial charge in [-0.25, -0.2) is 9.97 Å². The molecule has 1 aromatic carbocycles. The van der Waals surface area contributed by atoms with E-state index in [2.05, 4.69) is 33.7 Å². The minimum Gasteiger partial charge on any atom is -0.363 e. The lowest BCUT2D eigenvalue weighted by Gasteiger charge is -2.31. The third-order valence-corrected chi connectivity index (χ3v) is 5.57. The Hall–Kier alpha value is -3.39. The third-order valence-electron chi connectivity index (χ3n) is 5.26. The summed E-state index contributed by atoms with van der Waals surface area (Å²) in [5.41, 5.74) is 2.48. The molecule has 1 atom stereocenters. The van der Waals surface area contributed by atoms with E-state index in [1.807, 2.05) is 35.2 Å². The second-order valence-corrected chi connectivity index (χ2v) is 7.69. The number of para-hydroxylation sites is 1. The Labute approximate surface area is 177 Å². The first-order valence-electron chi connectivity index (χ1n) is 9.76. The molecule has 1 fully saturated rings. The number of amides is 1. The van der Waals surface area contributed by atoms with Crippen molar-refractivity contribution in [1.82, 2.24) is 24.9 Å². The highest BCUT2D eigenvalue weighted by Crippen LogP contribution is 2.33. The first-order chi connectivity index (χ1) is 14.6. The second-order valence-electron chi connectivity index (χ2n) is 7.28. The van der Waals surface area contributed by atoms with Gasteiger partial charge in [-0.3, -0.25) is 4.79 Å². The topological polar surface area (TPSA) is 87.4 Å². The van der Waals surface area contributed by atoms with Crippen molar-refractivity contribution in [1.29, 1.82) is 0 Å². The second kappa shape index (κ2) is 7.46. The SMILES string of the molecule is C[C@H](Nc1ccnc2ccnn12)c1cc2cccc(Cl)c2nc1N1CCNC(=O)C1. The molecule has 0 aliphatic carbocycles. The van der Waals surface area contributed by atoms with Crippen molar-refractivity contribution >= 4 is 45.7 Å². The molecule has 1 aliphatic rings. The van der Waals surface area contributed by atoms with E-state index < -0.39 is 0 Å². The Morgan fingerprint density at radius 1 is 1.23 bits per heavy atom. The van der Waals surface area contributed by atoms with Crippen LogP contribution in [0.5, 0.6) is 0 Å². The van der Waals surface area contributed by atoms with Gasteiger partial charge >= 0.3 is 0 Å². The van der Waals surface area contributed by atoms with Crippen molar-refractivity contribution in [2.45, 2.75) is 13.0 Å². The summed E-state index contributed by atoms with van der Waals surface area (Å²) in [5, 5.41) is 12.3. The van der Waals surface area contributed by atoms with E-state index in [9.17, 15) is 4.79 Å². The number of benzene rings is 1. The number of carbonyl (C=O) groups is 1. The van der Waals surface area contributed by atoms with Crippen molar-refractivity contribution in [3.63, 3.8) is 0 Å². The van der Waals surface area contributed by atoms with Gasteiger partial charge in [-0.2, -0.15) is 9.61 Å². The fourth-order valence-corrected chi connectivity index (χ4v) is 4.03. The number of carbonyl (C=O) groups excluding carboxylic acids is 1. The van der Waals surface area contributed by atoms with Crippen molar-refractivity contribution < 1.29 is 4.79 Å². The quantitative estimate of drug-likeness (QED) is 0.526. The molecule has 0 saturated carbocycles. The summed E-state index contributed by atoms with van der Waals surface area (Å²) in [6, 6.07) is 11.5. The van der Waals surface area contributed by atoms with E-state index >= 15 is 0 Å². The molecule has 9 heteroatoms. The summed E-state index contributed by atoms with van der Waals surface area (Å²) in [7, 11) is 0. The summed E-state index contributed by atoms with van der Waals surface area (Å²) in [6.07, 6.45) is 3.47. The molecule has 4 heterocycles. The number of piperazine rings is 1. The molecule has 0 radical (unpaired) electrons. The monoisotopic (exact) mass is 421 g/mol. The van der Waals surface area contributed by atoms with Gasteiger partial charge in [-0.15, -0.1) is 0 Å². The van der Waals surface area contributed by atoms with Gasteiger partial charge in [0, 0.05) is 36.3 Å². The lowest BCUT2D eigenvalue weighted by Crippen LogP contribution is -2.48. The molecule has 4 aromatic rings. The highest BCUT2D eigenvalue weighted by molar-refractivity contribution is 6.35. The van der Waals surface area contributed by atoms with Gasteiger partial charge in [0.25, 0.3) is 0 Å². The van der Waals surface area contributed by atoms with E-state index in [4.69, 9.17) is 16.6 Å². The summed E-state index contributed by atoms with van der Waals surface area (Å²) in [4.78, 5) is 23.2. The smallest absolute Gasteiger partial charge is 0.239 e. The van der Waals surface area contributed by atoms with Gasteiger partial charge in [-0.1, -0.05) is 23.7 Å². The molecular weight excluding hydrogens is 402 g/mol. The first kappa shape index (κ1) is 18.6. The lowest BCUT2D eigenvalue weighted by molar-refractivity contribution is -0.120. The number of fused-ring (bicyclic) bond motifs is 2. The Morgan fingerprint density at radius 2 is 2.13 bits per heavy atom. The third kappa shape index (κ3) is 3.29. The number of nitrogens with one attached hydrogen (secondary N) is 2. The molecule has 1 amide bonds. The minimum atomic E-state index is -0.101. The van der Waals surface area contributed by atoms with Gasteiger partial charge in [0.15, 0.2) is 5.65 Å². The Bertz CT molecular complexity index is 1250. The summed E-state index contributed by atoms with van der Waals surface area (Å²) >= 11 is 6.42. The van der Waals surface area contributed by atoms with Crippen LogP contribution in [0, 0.1) is 0 Å². The maximum absolute atomic E-state index is 12.0. The highest BCUT2D eigenvalue weighted by Gasteiger charge is 2.24. The van der Waals surface area contributed by atoms with Gasteiger partial charge in [0.05, 0.1) is 29.3 Å². The van der Waals surface area contributed by atoms with E-state index in [-0.39, 0.29) is 18.5 Å². The van der Waals surface area contributed by atoms with Crippen LogP contribution >= 0.6 is 11.6 Å². The predicted octanol–water partition coefficient (Wildman–Crippen LogP) is 3.04. The molecule has 0 unspecified atom stereocenters.